The molecule has 1 heterocycles. The van der Waals surface area contributed by atoms with E-state index in [0.29, 0.717) is 5.56 Å². The third-order valence-corrected chi connectivity index (χ3v) is 5.02. The molecule has 1 aromatic carbocycles. The van der Waals surface area contributed by atoms with Gasteiger partial charge in [-0.1, -0.05) is 12.1 Å². The molecule has 2 aromatic rings. The predicted molar refractivity (Wildman–Crippen MR) is 83.3 cm³/mol. The molecule has 0 radical (unpaired) electrons. The summed E-state index contributed by atoms with van der Waals surface area (Å²) >= 11 is 0. The van der Waals surface area contributed by atoms with E-state index in [1.807, 2.05) is 32.0 Å². The van der Waals surface area contributed by atoms with Crippen LogP contribution in [0.4, 0.5) is 5.69 Å². The molecule has 0 saturated heterocycles. The van der Waals surface area contributed by atoms with Crippen molar-refractivity contribution in [1.82, 2.24) is 9.71 Å². The summed E-state index contributed by atoms with van der Waals surface area (Å²) in [6, 6.07) is 7.12. The Balaban J connectivity index is 2.27. The maximum atomic E-state index is 12.5. The molecule has 2 rings (SSSR count). The van der Waals surface area contributed by atoms with Crippen LogP contribution >= 0.6 is 0 Å². The Bertz CT molecular complexity index is 753. The highest BCUT2D eigenvalue weighted by molar-refractivity contribution is 7.89. The van der Waals surface area contributed by atoms with Crippen LogP contribution in [-0.2, 0) is 16.6 Å². The van der Waals surface area contributed by atoms with Crippen molar-refractivity contribution in [2.24, 2.45) is 0 Å². The first-order valence-corrected chi connectivity index (χ1v) is 8.06. The zero-order chi connectivity index (χ0) is 15.6. The largest absolute Gasteiger partial charge is 0.398 e. The van der Waals surface area contributed by atoms with Gasteiger partial charge < -0.3 is 5.73 Å². The maximum absolute atomic E-state index is 12.5. The smallest absolute Gasteiger partial charge is 0.243 e. The molecule has 0 saturated carbocycles. The van der Waals surface area contributed by atoms with Gasteiger partial charge in [-0.3, -0.25) is 4.98 Å². The summed E-state index contributed by atoms with van der Waals surface area (Å²) < 4.78 is 27.5. The van der Waals surface area contributed by atoms with E-state index >= 15 is 0 Å². The predicted octanol–water partition coefficient (Wildman–Crippen LogP) is 2.07. The minimum atomic E-state index is -3.66. The summed E-state index contributed by atoms with van der Waals surface area (Å²) in [6.45, 7) is 5.68. The fourth-order valence-corrected chi connectivity index (χ4v) is 3.46. The van der Waals surface area contributed by atoms with Gasteiger partial charge in [-0.05, 0) is 49.6 Å². The second-order valence-electron chi connectivity index (χ2n) is 5.06. The number of nitrogen functional groups attached to an aromatic ring is 1. The first kappa shape index (κ1) is 15.5. The normalized spacial score (nSPS) is 11.6. The molecule has 0 fully saturated rings. The fourth-order valence-electron chi connectivity index (χ4n) is 2.02. The lowest BCUT2D eigenvalue weighted by Gasteiger charge is -2.13. The van der Waals surface area contributed by atoms with E-state index in [-0.39, 0.29) is 17.1 Å². The molecule has 0 aliphatic rings. The van der Waals surface area contributed by atoms with Gasteiger partial charge in [-0.15, -0.1) is 0 Å². The van der Waals surface area contributed by atoms with E-state index in [0.717, 1.165) is 16.8 Å². The van der Waals surface area contributed by atoms with Crippen LogP contribution in [0.15, 0.2) is 35.4 Å². The molecule has 3 N–H and O–H groups in total. The average molecular weight is 305 g/mol. The van der Waals surface area contributed by atoms with Crippen molar-refractivity contribution in [3.8, 4) is 0 Å². The monoisotopic (exact) mass is 305 g/mol. The molecule has 1 aromatic heterocycles. The number of sulfonamides is 1. The van der Waals surface area contributed by atoms with Gasteiger partial charge in [0.05, 0.1) is 5.69 Å². The number of aryl methyl sites for hydroxylation is 2. The summed E-state index contributed by atoms with van der Waals surface area (Å²) in [5.41, 5.74) is 9.34. The molecular weight excluding hydrogens is 286 g/mol. The number of hydrogen-bond donors (Lipinski definition) is 2. The number of anilines is 1. The lowest BCUT2D eigenvalue weighted by Crippen LogP contribution is -2.25. The van der Waals surface area contributed by atoms with Gasteiger partial charge in [0.25, 0.3) is 0 Å². The third-order valence-electron chi connectivity index (χ3n) is 3.41. The minimum absolute atomic E-state index is 0.155. The van der Waals surface area contributed by atoms with Gasteiger partial charge in [0.1, 0.15) is 4.90 Å². The third kappa shape index (κ3) is 3.40. The molecular formula is C15H19N3O2S. The Morgan fingerprint density at radius 3 is 2.48 bits per heavy atom. The topological polar surface area (TPSA) is 85.1 Å². The number of nitrogens with zero attached hydrogens (tertiary/aromatic N) is 1. The van der Waals surface area contributed by atoms with E-state index in [4.69, 9.17) is 5.73 Å². The quantitative estimate of drug-likeness (QED) is 0.847. The second kappa shape index (κ2) is 5.83. The van der Waals surface area contributed by atoms with E-state index in [2.05, 4.69) is 9.71 Å². The molecule has 5 nitrogen and oxygen atoms in total. The van der Waals surface area contributed by atoms with Gasteiger partial charge in [-0.2, -0.15) is 0 Å². The molecule has 0 spiro atoms. The standard InChI is InChI=1S/C15H19N3O2S/c1-10-4-7-14(16)15(12(10)3)21(19,20)18-9-13-6-5-11(2)17-8-13/h4-8,18H,9,16H2,1-3H3. The Labute approximate surface area is 125 Å². The van der Waals surface area contributed by atoms with Crippen LogP contribution in [-0.4, -0.2) is 13.4 Å². The number of nitrogens with one attached hydrogen (secondary N) is 1. The van der Waals surface area contributed by atoms with Crippen LogP contribution in [0, 0.1) is 20.8 Å². The zero-order valence-corrected chi connectivity index (χ0v) is 13.2. The van der Waals surface area contributed by atoms with Crippen molar-refractivity contribution in [1.29, 1.82) is 0 Å². The number of hydrogen-bond acceptors (Lipinski definition) is 4. The Hall–Kier alpha value is -1.92. The Morgan fingerprint density at radius 2 is 1.86 bits per heavy atom. The van der Waals surface area contributed by atoms with Crippen LogP contribution in [0.5, 0.6) is 0 Å². The van der Waals surface area contributed by atoms with Crippen molar-refractivity contribution >= 4 is 15.7 Å². The molecule has 0 amide bonds. The summed E-state index contributed by atoms with van der Waals surface area (Å²) in [4.78, 5) is 4.30. The van der Waals surface area contributed by atoms with Gasteiger partial charge in [-0.25, -0.2) is 13.1 Å². The Morgan fingerprint density at radius 1 is 1.14 bits per heavy atom. The lowest BCUT2D eigenvalue weighted by atomic mass is 10.1. The minimum Gasteiger partial charge on any atom is -0.398 e. The Kier molecular flexibility index (Phi) is 4.29. The fraction of sp³-hybridized carbons (Fsp3) is 0.267. The molecule has 112 valence electrons. The summed E-state index contributed by atoms with van der Waals surface area (Å²) in [5, 5.41) is 0. The lowest BCUT2D eigenvalue weighted by molar-refractivity contribution is 0.581. The van der Waals surface area contributed by atoms with E-state index in [9.17, 15) is 8.42 Å². The number of pyridine rings is 1. The van der Waals surface area contributed by atoms with Crippen LogP contribution in [0.2, 0.25) is 0 Å². The van der Waals surface area contributed by atoms with Gasteiger partial charge in [0, 0.05) is 18.4 Å². The number of benzene rings is 1. The van der Waals surface area contributed by atoms with Gasteiger partial charge in [0.15, 0.2) is 0 Å². The van der Waals surface area contributed by atoms with Gasteiger partial charge >= 0.3 is 0 Å². The maximum Gasteiger partial charge on any atom is 0.243 e. The highest BCUT2D eigenvalue weighted by atomic mass is 32.2. The van der Waals surface area contributed by atoms with Crippen LogP contribution in [0.25, 0.3) is 0 Å². The van der Waals surface area contributed by atoms with E-state index in [1.54, 1.807) is 19.2 Å². The summed E-state index contributed by atoms with van der Waals surface area (Å²) in [5.74, 6) is 0. The van der Waals surface area contributed by atoms with Crippen molar-refractivity contribution in [2.45, 2.75) is 32.2 Å². The first-order valence-electron chi connectivity index (χ1n) is 6.58. The van der Waals surface area contributed by atoms with Crippen molar-refractivity contribution in [3.63, 3.8) is 0 Å². The molecule has 0 atom stereocenters. The SMILES string of the molecule is Cc1ccc(CNS(=O)(=O)c2c(N)ccc(C)c2C)cn1. The number of aromatic nitrogens is 1. The van der Waals surface area contributed by atoms with Crippen LogP contribution < -0.4 is 10.5 Å². The van der Waals surface area contributed by atoms with Crippen LogP contribution in [0.3, 0.4) is 0 Å². The molecule has 0 aliphatic carbocycles. The zero-order valence-electron chi connectivity index (χ0n) is 12.3. The van der Waals surface area contributed by atoms with Crippen molar-refractivity contribution in [2.75, 3.05) is 5.73 Å². The molecule has 21 heavy (non-hydrogen) atoms. The highest BCUT2D eigenvalue weighted by Crippen LogP contribution is 2.25. The molecule has 0 unspecified atom stereocenters. The second-order valence-corrected chi connectivity index (χ2v) is 6.76. The summed E-state index contributed by atoms with van der Waals surface area (Å²) in [6.07, 6.45) is 1.66. The van der Waals surface area contributed by atoms with Crippen molar-refractivity contribution < 1.29 is 8.42 Å². The first-order chi connectivity index (χ1) is 9.81. The molecule has 0 aliphatic heterocycles. The highest BCUT2D eigenvalue weighted by Gasteiger charge is 2.20. The van der Waals surface area contributed by atoms with Gasteiger partial charge in [0.2, 0.25) is 10.0 Å². The average Bonchev–Trinajstić information content (AvgIpc) is 2.43. The van der Waals surface area contributed by atoms with E-state index in [1.165, 1.54) is 0 Å². The number of rotatable bonds is 4. The molecule has 6 heteroatoms. The number of nitrogens with two attached hydrogens (primary N) is 1. The van der Waals surface area contributed by atoms with E-state index < -0.39 is 10.0 Å². The molecule has 0 bridgehead atoms. The van der Waals surface area contributed by atoms with Crippen molar-refractivity contribution in [3.05, 3.63) is 52.8 Å². The summed E-state index contributed by atoms with van der Waals surface area (Å²) in [7, 11) is -3.66. The van der Waals surface area contributed by atoms with Crippen LogP contribution in [0.1, 0.15) is 22.4 Å².